The Morgan fingerprint density at radius 2 is 1.24 bits per heavy atom. The van der Waals surface area contributed by atoms with Gasteiger partial charge in [-0.2, -0.15) is 0 Å². The van der Waals surface area contributed by atoms with E-state index in [1.807, 2.05) is 0 Å². The molecule has 0 aliphatic carbocycles. The molecule has 0 aromatic carbocycles. The summed E-state index contributed by atoms with van der Waals surface area (Å²) >= 11 is 0. The molecule has 0 fully saturated rings. The lowest BCUT2D eigenvalue weighted by Gasteiger charge is -2.20. The summed E-state index contributed by atoms with van der Waals surface area (Å²) in [5.74, 6) is -2.42. The maximum atomic E-state index is 12.4. The summed E-state index contributed by atoms with van der Waals surface area (Å²) in [7, 11) is -4.70. The first-order valence-corrected chi connectivity index (χ1v) is 18.0. The molecule has 3 atom stereocenters. The standard InChI is InChI=1S/C33H58NO10P/c1-3-5-7-9-10-11-12-13-14-15-16-17-18-19-20-21-23-25-32(36)44-29(26-41-31(35)24-22-8-6-4-2)27-42-45(39,40)43-28-30(34)33(37)38/h5,7,10-11,13-14,29-30H,3-4,6,8-9,12,15-28,34H2,1-2H3,(H,37,38)(H,39,40)/b7-5-,11-10-,14-13-. The second-order valence-electron chi connectivity index (χ2n) is 10.9. The molecule has 3 unspecified atom stereocenters. The predicted molar refractivity (Wildman–Crippen MR) is 175 cm³/mol. The fourth-order valence-corrected chi connectivity index (χ4v) is 4.80. The average molecular weight is 660 g/mol. The molecule has 0 heterocycles. The van der Waals surface area contributed by atoms with Crippen molar-refractivity contribution in [2.75, 3.05) is 19.8 Å². The molecule has 0 aromatic rings. The van der Waals surface area contributed by atoms with Crippen LogP contribution in [-0.2, 0) is 37.5 Å². The molecule has 0 bridgehead atoms. The van der Waals surface area contributed by atoms with Gasteiger partial charge in [-0.25, -0.2) is 4.57 Å². The molecule has 0 aliphatic heterocycles. The Hall–Kier alpha value is -2.30. The van der Waals surface area contributed by atoms with E-state index in [9.17, 15) is 23.8 Å². The molecule has 0 aromatic heterocycles. The summed E-state index contributed by atoms with van der Waals surface area (Å²) in [5, 5.41) is 8.80. The zero-order valence-electron chi connectivity index (χ0n) is 27.4. The molecule has 260 valence electrons. The van der Waals surface area contributed by atoms with Crippen molar-refractivity contribution >= 4 is 25.7 Å². The lowest BCUT2D eigenvalue weighted by atomic mass is 10.1. The van der Waals surface area contributed by atoms with Gasteiger partial charge in [0, 0.05) is 12.8 Å². The van der Waals surface area contributed by atoms with Crippen molar-refractivity contribution in [2.45, 2.75) is 135 Å². The second-order valence-corrected chi connectivity index (χ2v) is 12.4. The van der Waals surface area contributed by atoms with Crippen molar-refractivity contribution < 1.29 is 47.5 Å². The molecule has 11 nitrogen and oxygen atoms in total. The molecule has 0 rings (SSSR count). The Balaban J connectivity index is 4.35. The number of ether oxygens (including phenoxy) is 2. The number of aliphatic carboxylic acids is 1. The quantitative estimate of drug-likeness (QED) is 0.0305. The summed E-state index contributed by atoms with van der Waals surface area (Å²) in [4.78, 5) is 45.2. The van der Waals surface area contributed by atoms with Crippen molar-refractivity contribution in [2.24, 2.45) is 5.73 Å². The van der Waals surface area contributed by atoms with Gasteiger partial charge in [-0.3, -0.25) is 23.4 Å². The number of carbonyl (C=O) groups excluding carboxylic acids is 2. The highest BCUT2D eigenvalue weighted by atomic mass is 31.2. The minimum Gasteiger partial charge on any atom is -0.480 e. The van der Waals surface area contributed by atoms with Crippen LogP contribution in [0.25, 0.3) is 0 Å². The lowest BCUT2D eigenvalue weighted by Crippen LogP contribution is -2.34. The third-order valence-electron chi connectivity index (χ3n) is 6.65. The Bertz CT molecular complexity index is 921. The molecule has 0 radical (unpaired) electrons. The van der Waals surface area contributed by atoms with E-state index in [4.69, 9.17) is 24.8 Å². The number of rotatable bonds is 30. The van der Waals surface area contributed by atoms with Crippen LogP contribution in [0.15, 0.2) is 36.5 Å². The van der Waals surface area contributed by atoms with Gasteiger partial charge in [0.2, 0.25) is 0 Å². The van der Waals surface area contributed by atoms with Crippen LogP contribution in [-0.4, -0.2) is 59.9 Å². The number of phosphoric ester groups is 1. The van der Waals surface area contributed by atoms with E-state index in [1.165, 1.54) is 6.42 Å². The highest BCUT2D eigenvalue weighted by Gasteiger charge is 2.28. The number of hydrogen-bond acceptors (Lipinski definition) is 9. The first-order chi connectivity index (χ1) is 21.6. The van der Waals surface area contributed by atoms with Crippen molar-refractivity contribution in [1.29, 1.82) is 0 Å². The minimum absolute atomic E-state index is 0.149. The van der Waals surface area contributed by atoms with Crippen LogP contribution in [0.5, 0.6) is 0 Å². The van der Waals surface area contributed by atoms with Gasteiger partial charge in [0.25, 0.3) is 0 Å². The van der Waals surface area contributed by atoms with Crippen LogP contribution < -0.4 is 5.73 Å². The van der Waals surface area contributed by atoms with Gasteiger partial charge < -0.3 is 25.2 Å². The number of phosphoric acid groups is 1. The van der Waals surface area contributed by atoms with E-state index in [-0.39, 0.29) is 19.4 Å². The molecule has 0 aliphatic rings. The maximum Gasteiger partial charge on any atom is 0.472 e. The lowest BCUT2D eigenvalue weighted by molar-refractivity contribution is -0.161. The molecule has 0 spiro atoms. The largest absolute Gasteiger partial charge is 0.480 e. The molecule has 4 N–H and O–H groups in total. The van der Waals surface area contributed by atoms with Crippen molar-refractivity contribution in [3.05, 3.63) is 36.5 Å². The van der Waals surface area contributed by atoms with E-state index in [0.717, 1.165) is 77.0 Å². The third-order valence-corrected chi connectivity index (χ3v) is 7.60. The normalized spacial score (nSPS) is 14.6. The van der Waals surface area contributed by atoms with Crippen LogP contribution in [0.2, 0.25) is 0 Å². The first kappa shape index (κ1) is 42.7. The number of nitrogens with two attached hydrogens (primary N) is 1. The number of carboxylic acids is 1. The van der Waals surface area contributed by atoms with E-state index in [1.54, 1.807) is 0 Å². The molecular weight excluding hydrogens is 601 g/mol. The zero-order valence-corrected chi connectivity index (χ0v) is 28.3. The fraction of sp³-hybridized carbons (Fsp3) is 0.727. The Morgan fingerprint density at radius 1 is 0.711 bits per heavy atom. The summed E-state index contributed by atoms with van der Waals surface area (Å²) in [6.07, 6.45) is 27.2. The average Bonchev–Trinajstić information content (AvgIpc) is 3.01. The van der Waals surface area contributed by atoms with E-state index >= 15 is 0 Å². The summed E-state index contributed by atoms with van der Waals surface area (Å²) in [6, 6.07) is -1.52. The van der Waals surface area contributed by atoms with E-state index < -0.39 is 51.1 Å². The number of carbonyl (C=O) groups is 3. The molecule has 0 amide bonds. The molecule has 45 heavy (non-hydrogen) atoms. The van der Waals surface area contributed by atoms with E-state index in [0.29, 0.717) is 12.8 Å². The van der Waals surface area contributed by atoms with Crippen LogP contribution in [0.3, 0.4) is 0 Å². The first-order valence-electron chi connectivity index (χ1n) is 16.5. The zero-order chi connectivity index (χ0) is 33.6. The Kier molecular flexibility index (Phi) is 27.6. The van der Waals surface area contributed by atoms with Gasteiger partial charge in [-0.05, 0) is 44.9 Å². The number of allylic oxidation sites excluding steroid dienone is 6. The smallest absolute Gasteiger partial charge is 0.472 e. The Morgan fingerprint density at radius 3 is 1.87 bits per heavy atom. The van der Waals surface area contributed by atoms with Crippen LogP contribution in [0.4, 0.5) is 0 Å². The highest BCUT2D eigenvalue weighted by Crippen LogP contribution is 2.43. The van der Waals surface area contributed by atoms with Gasteiger partial charge in [-0.15, -0.1) is 0 Å². The van der Waals surface area contributed by atoms with Crippen molar-refractivity contribution in [3.8, 4) is 0 Å². The maximum absolute atomic E-state index is 12.4. The number of esters is 2. The molecule has 0 saturated heterocycles. The minimum atomic E-state index is -4.70. The third kappa shape index (κ3) is 28.9. The molecule has 12 heteroatoms. The number of hydrogen-bond donors (Lipinski definition) is 3. The van der Waals surface area contributed by atoms with Crippen LogP contribution in [0.1, 0.15) is 123 Å². The summed E-state index contributed by atoms with van der Waals surface area (Å²) in [6.45, 7) is 2.49. The highest BCUT2D eigenvalue weighted by molar-refractivity contribution is 7.47. The second kappa shape index (κ2) is 29.1. The SMILES string of the molecule is CC/C=C\C/C=C\C/C=C\CCCCCCCCCC(=O)OC(COC(=O)CCCCCC)COP(=O)(O)OCC(N)C(=O)O. The number of unbranched alkanes of at least 4 members (excludes halogenated alkanes) is 10. The monoisotopic (exact) mass is 659 g/mol. The van der Waals surface area contributed by atoms with Gasteiger partial charge >= 0.3 is 25.7 Å². The van der Waals surface area contributed by atoms with Gasteiger partial charge in [0.1, 0.15) is 12.6 Å². The van der Waals surface area contributed by atoms with Crippen LogP contribution >= 0.6 is 7.82 Å². The fourth-order valence-electron chi connectivity index (χ4n) is 4.02. The molecular formula is C33H58NO10P. The summed E-state index contributed by atoms with van der Waals surface area (Å²) < 4.78 is 32.2. The van der Waals surface area contributed by atoms with Crippen molar-refractivity contribution in [1.82, 2.24) is 0 Å². The van der Waals surface area contributed by atoms with Crippen LogP contribution in [0, 0.1) is 0 Å². The Labute approximate surface area is 270 Å². The molecule has 0 saturated carbocycles. The number of carboxylic acid groups (broad SMARTS) is 1. The van der Waals surface area contributed by atoms with Crippen molar-refractivity contribution in [3.63, 3.8) is 0 Å². The van der Waals surface area contributed by atoms with E-state index in [2.05, 4.69) is 54.8 Å². The summed E-state index contributed by atoms with van der Waals surface area (Å²) in [5.41, 5.74) is 5.28. The predicted octanol–water partition coefficient (Wildman–Crippen LogP) is 7.33. The van der Waals surface area contributed by atoms with Gasteiger partial charge in [-0.1, -0.05) is 102 Å². The topological polar surface area (TPSA) is 172 Å². The van der Waals surface area contributed by atoms with Gasteiger partial charge in [0.15, 0.2) is 6.10 Å². The van der Waals surface area contributed by atoms with Gasteiger partial charge in [0.05, 0.1) is 13.2 Å².